The zero-order valence-corrected chi connectivity index (χ0v) is 11.8. The summed E-state index contributed by atoms with van der Waals surface area (Å²) in [7, 11) is 2.45. The molecule has 18 heavy (non-hydrogen) atoms. The van der Waals surface area contributed by atoms with Crippen LogP contribution in [0.25, 0.3) is 0 Å². The van der Waals surface area contributed by atoms with Gasteiger partial charge in [-0.3, -0.25) is 4.90 Å². The molecule has 0 aromatic rings. The first-order chi connectivity index (χ1) is 8.75. The number of piperidine rings is 1. The Morgan fingerprint density at radius 3 is 2.11 bits per heavy atom. The van der Waals surface area contributed by atoms with E-state index in [1.807, 2.05) is 0 Å². The Morgan fingerprint density at radius 2 is 1.61 bits per heavy atom. The van der Waals surface area contributed by atoms with Crippen molar-refractivity contribution in [3.05, 3.63) is 0 Å². The van der Waals surface area contributed by atoms with Crippen LogP contribution >= 0.6 is 0 Å². The molecule has 1 atom stereocenters. The van der Waals surface area contributed by atoms with Gasteiger partial charge >= 0.3 is 0 Å². The third kappa shape index (κ3) is 1.76. The van der Waals surface area contributed by atoms with Gasteiger partial charge in [0.25, 0.3) is 0 Å². The van der Waals surface area contributed by atoms with Crippen molar-refractivity contribution in [2.45, 2.75) is 62.9 Å². The van der Waals surface area contributed by atoms with Crippen LogP contribution in [-0.2, 0) is 0 Å². The Labute approximate surface area is 111 Å². The molecule has 0 aromatic carbocycles. The molecule has 0 amide bonds. The molecule has 0 radical (unpaired) electrons. The fourth-order valence-corrected chi connectivity index (χ4v) is 6.05. The molecule has 5 rings (SSSR count). The van der Waals surface area contributed by atoms with Crippen LogP contribution in [0.3, 0.4) is 0 Å². The van der Waals surface area contributed by atoms with Gasteiger partial charge in [-0.25, -0.2) is 0 Å². The number of nitrogens with one attached hydrogen (secondary N) is 1. The Bertz CT molecular complexity index is 284. The van der Waals surface area contributed by atoms with E-state index in [1.54, 1.807) is 19.3 Å². The van der Waals surface area contributed by atoms with Crippen molar-refractivity contribution in [3.8, 4) is 0 Å². The monoisotopic (exact) mass is 248 g/mol. The lowest BCUT2D eigenvalue weighted by atomic mass is 9.52. The van der Waals surface area contributed by atoms with Crippen LogP contribution in [0.15, 0.2) is 0 Å². The third-order valence-corrected chi connectivity index (χ3v) is 6.57. The van der Waals surface area contributed by atoms with Crippen LogP contribution < -0.4 is 5.32 Å². The first kappa shape index (κ1) is 11.7. The van der Waals surface area contributed by atoms with Gasteiger partial charge in [0.1, 0.15) is 0 Å². The summed E-state index contributed by atoms with van der Waals surface area (Å²) in [4.78, 5) is 2.84. The molecule has 4 bridgehead atoms. The van der Waals surface area contributed by atoms with Crippen LogP contribution in [0.4, 0.5) is 0 Å². The average molecular weight is 248 g/mol. The van der Waals surface area contributed by atoms with Gasteiger partial charge in [0.05, 0.1) is 0 Å². The van der Waals surface area contributed by atoms with Gasteiger partial charge in [-0.05, 0) is 82.7 Å². The minimum atomic E-state index is 0.610. The van der Waals surface area contributed by atoms with Gasteiger partial charge in [-0.15, -0.1) is 0 Å². The molecule has 1 N–H and O–H groups in total. The summed E-state index contributed by atoms with van der Waals surface area (Å²) < 4.78 is 0. The molecule has 1 heterocycles. The van der Waals surface area contributed by atoms with Gasteiger partial charge in [0.15, 0.2) is 0 Å². The van der Waals surface area contributed by atoms with Crippen LogP contribution in [-0.4, -0.2) is 36.6 Å². The maximum Gasteiger partial charge on any atom is 0.0223 e. The number of nitrogens with zero attached hydrogens (tertiary/aromatic N) is 1. The normalized spacial score (nSPS) is 51.0. The molecule has 1 aliphatic heterocycles. The van der Waals surface area contributed by atoms with Crippen LogP contribution in [0, 0.1) is 17.8 Å². The standard InChI is InChI=1S/C16H28N2/c1-18(15-3-2-4-17-11-15)16-8-12-5-13(9-16)7-14(6-12)10-16/h12-15,17H,2-11H2,1H3. The number of hydrogen-bond acceptors (Lipinski definition) is 2. The van der Waals surface area contributed by atoms with Crippen molar-refractivity contribution >= 4 is 0 Å². The minimum Gasteiger partial charge on any atom is -0.315 e. The van der Waals surface area contributed by atoms with Crippen molar-refractivity contribution in [1.29, 1.82) is 0 Å². The zero-order chi connectivity index (χ0) is 12.2. The summed E-state index contributed by atoms with van der Waals surface area (Å²) in [6, 6.07) is 0.815. The molecule has 102 valence electrons. The molecule has 0 spiro atoms. The number of rotatable bonds is 2. The van der Waals surface area contributed by atoms with E-state index in [9.17, 15) is 0 Å². The van der Waals surface area contributed by atoms with Crippen molar-refractivity contribution in [2.24, 2.45) is 17.8 Å². The molecule has 1 saturated heterocycles. The lowest BCUT2D eigenvalue weighted by Gasteiger charge is -2.61. The van der Waals surface area contributed by atoms with Crippen LogP contribution in [0.2, 0.25) is 0 Å². The second-order valence-electron chi connectivity index (χ2n) is 7.75. The highest BCUT2D eigenvalue weighted by Crippen LogP contribution is 2.57. The first-order valence-corrected chi connectivity index (χ1v) is 8.19. The van der Waals surface area contributed by atoms with Gasteiger partial charge in [0, 0.05) is 18.1 Å². The second-order valence-corrected chi connectivity index (χ2v) is 7.75. The maximum atomic E-state index is 3.61. The maximum absolute atomic E-state index is 3.61. The van der Waals surface area contributed by atoms with Gasteiger partial charge in [-0.1, -0.05) is 0 Å². The van der Waals surface area contributed by atoms with Crippen molar-refractivity contribution in [1.82, 2.24) is 10.2 Å². The summed E-state index contributed by atoms with van der Waals surface area (Å²) in [6.45, 7) is 2.48. The lowest BCUT2D eigenvalue weighted by Crippen LogP contribution is -2.63. The highest BCUT2D eigenvalue weighted by molar-refractivity contribution is 5.08. The molecule has 0 aromatic heterocycles. The SMILES string of the molecule is CN(C1CCCNC1)C12CC3CC(CC(C3)C1)C2. The average Bonchev–Trinajstić information content (AvgIpc) is 2.37. The Kier molecular flexibility index (Phi) is 2.74. The highest BCUT2D eigenvalue weighted by Gasteiger charge is 2.53. The zero-order valence-electron chi connectivity index (χ0n) is 11.8. The predicted octanol–water partition coefficient (Wildman–Crippen LogP) is 2.64. The first-order valence-electron chi connectivity index (χ1n) is 8.19. The lowest BCUT2D eigenvalue weighted by molar-refractivity contribution is -0.0959. The van der Waals surface area contributed by atoms with Crippen molar-refractivity contribution in [3.63, 3.8) is 0 Å². The Balaban J connectivity index is 1.55. The van der Waals surface area contributed by atoms with E-state index in [-0.39, 0.29) is 0 Å². The number of likely N-dealkylation sites (N-methyl/N-ethyl adjacent to an activating group) is 1. The quantitative estimate of drug-likeness (QED) is 0.808. The van der Waals surface area contributed by atoms with E-state index >= 15 is 0 Å². The van der Waals surface area contributed by atoms with Crippen molar-refractivity contribution in [2.75, 3.05) is 20.1 Å². The highest BCUT2D eigenvalue weighted by atomic mass is 15.2. The number of hydrogen-bond donors (Lipinski definition) is 1. The second kappa shape index (κ2) is 4.21. The smallest absolute Gasteiger partial charge is 0.0223 e. The molecule has 4 saturated carbocycles. The fourth-order valence-electron chi connectivity index (χ4n) is 6.05. The van der Waals surface area contributed by atoms with Gasteiger partial charge in [0.2, 0.25) is 0 Å². The molecular formula is C16H28N2. The Hall–Kier alpha value is -0.0800. The van der Waals surface area contributed by atoms with Gasteiger partial charge < -0.3 is 5.32 Å². The van der Waals surface area contributed by atoms with Gasteiger partial charge in [-0.2, -0.15) is 0 Å². The Morgan fingerprint density at radius 1 is 1.00 bits per heavy atom. The summed E-state index contributed by atoms with van der Waals surface area (Å²) in [5, 5.41) is 3.61. The predicted molar refractivity (Wildman–Crippen MR) is 74.6 cm³/mol. The van der Waals surface area contributed by atoms with E-state index in [1.165, 1.54) is 45.2 Å². The third-order valence-electron chi connectivity index (χ3n) is 6.57. The molecule has 2 heteroatoms. The van der Waals surface area contributed by atoms with Crippen LogP contribution in [0.5, 0.6) is 0 Å². The molecule has 4 aliphatic carbocycles. The van der Waals surface area contributed by atoms with E-state index in [0.29, 0.717) is 5.54 Å². The minimum absolute atomic E-state index is 0.610. The fraction of sp³-hybridized carbons (Fsp3) is 1.00. The molecule has 5 fully saturated rings. The van der Waals surface area contributed by atoms with E-state index in [0.717, 1.165) is 23.8 Å². The van der Waals surface area contributed by atoms with Crippen molar-refractivity contribution < 1.29 is 0 Å². The summed E-state index contributed by atoms with van der Waals surface area (Å²) in [6.07, 6.45) is 12.1. The summed E-state index contributed by atoms with van der Waals surface area (Å²) in [5.74, 6) is 3.24. The van der Waals surface area contributed by atoms with E-state index < -0.39 is 0 Å². The van der Waals surface area contributed by atoms with E-state index in [4.69, 9.17) is 0 Å². The molecule has 5 aliphatic rings. The van der Waals surface area contributed by atoms with E-state index in [2.05, 4.69) is 17.3 Å². The molecular weight excluding hydrogens is 220 g/mol. The summed E-state index contributed by atoms with van der Waals surface area (Å²) in [5.41, 5.74) is 0.610. The largest absolute Gasteiger partial charge is 0.315 e. The topological polar surface area (TPSA) is 15.3 Å². The molecule has 2 nitrogen and oxygen atoms in total. The molecule has 1 unspecified atom stereocenters. The summed E-state index contributed by atoms with van der Waals surface area (Å²) >= 11 is 0. The van der Waals surface area contributed by atoms with Crippen LogP contribution in [0.1, 0.15) is 51.4 Å².